The van der Waals surface area contributed by atoms with E-state index in [0.717, 1.165) is 0 Å². The van der Waals surface area contributed by atoms with Crippen molar-refractivity contribution in [2.24, 2.45) is 5.73 Å². The zero-order valence-corrected chi connectivity index (χ0v) is 12.1. The highest BCUT2D eigenvalue weighted by molar-refractivity contribution is 6.34. The van der Waals surface area contributed by atoms with Gasteiger partial charge in [0.2, 0.25) is 5.91 Å². The summed E-state index contributed by atoms with van der Waals surface area (Å²) >= 11 is 11.9. The van der Waals surface area contributed by atoms with E-state index in [1.165, 1.54) is 24.3 Å². The summed E-state index contributed by atoms with van der Waals surface area (Å²) in [7, 11) is 0. The molecule has 5 nitrogen and oxygen atoms in total. The van der Waals surface area contributed by atoms with Crippen molar-refractivity contribution >= 4 is 46.5 Å². The molecule has 0 fully saturated rings. The molecule has 2 rings (SSSR count). The molecule has 0 unspecified atom stereocenters. The van der Waals surface area contributed by atoms with Gasteiger partial charge in [0.25, 0.3) is 0 Å². The first-order chi connectivity index (χ1) is 9.88. The number of amides is 1. The quantitative estimate of drug-likeness (QED) is 0.802. The average molecular weight is 325 g/mol. The number of primary amides is 1. The number of anilines is 2. The number of nitrogens with two attached hydrogens (primary N) is 1. The number of carbonyl (C=O) groups excluding carboxylic acids is 1. The fraction of sp³-hybridized carbons (Fsp3) is 0. The molecule has 0 aliphatic rings. The fourth-order valence-corrected chi connectivity index (χ4v) is 2.18. The van der Waals surface area contributed by atoms with Crippen LogP contribution in [0.2, 0.25) is 10.0 Å². The van der Waals surface area contributed by atoms with Gasteiger partial charge in [0.05, 0.1) is 21.3 Å². The molecule has 0 saturated heterocycles. The third-order valence-corrected chi connectivity index (χ3v) is 3.36. The highest BCUT2D eigenvalue weighted by Crippen LogP contribution is 2.28. The number of aromatic carboxylic acids is 1. The lowest BCUT2D eigenvalue weighted by Gasteiger charge is -2.10. The van der Waals surface area contributed by atoms with Gasteiger partial charge in [-0.15, -0.1) is 0 Å². The molecule has 0 bridgehead atoms. The second kappa shape index (κ2) is 6.03. The first kappa shape index (κ1) is 15.2. The zero-order chi connectivity index (χ0) is 15.6. The molecule has 0 spiro atoms. The number of hydrogen-bond acceptors (Lipinski definition) is 3. The summed E-state index contributed by atoms with van der Waals surface area (Å²) in [5, 5.41) is 12.3. The highest BCUT2D eigenvalue weighted by Gasteiger charge is 2.10. The molecule has 108 valence electrons. The molecule has 0 saturated carbocycles. The molecule has 1 amide bonds. The van der Waals surface area contributed by atoms with Crippen LogP contribution in [0, 0.1) is 0 Å². The Kier molecular flexibility index (Phi) is 4.35. The summed E-state index contributed by atoms with van der Waals surface area (Å²) in [6.07, 6.45) is 0. The van der Waals surface area contributed by atoms with Gasteiger partial charge in [-0.05, 0) is 36.4 Å². The van der Waals surface area contributed by atoms with Crippen LogP contribution >= 0.6 is 23.2 Å². The van der Waals surface area contributed by atoms with Crippen molar-refractivity contribution < 1.29 is 14.7 Å². The Morgan fingerprint density at radius 1 is 1.05 bits per heavy atom. The minimum absolute atomic E-state index is 0.0115. The van der Waals surface area contributed by atoms with Gasteiger partial charge in [0.1, 0.15) is 0 Å². The first-order valence-corrected chi connectivity index (χ1v) is 6.53. The number of carboxylic acid groups (broad SMARTS) is 1. The average Bonchev–Trinajstić information content (AvgIpc) is 2.40. The molecule has 0 aromatic heterocycles. The number of hydrogen-bond donors (Lipinski definition) is 3. The van der Waals surface area contributed by atoms with Crippen LogP contribution in [-0.2, 0) is 0 Å². The molecule has 4 N–H and O–H groups in total. The van der Waals surface area contributed by atoms with Gasteiger partial charge in [-0.3, -0.25) is 4.79 Å². The van der Waals surface area contributed by atoms with E-state index in [1.54, 1.807) is 12.1 Å². The molecule has 0 aliphatic heterocycles. The predicted molar refractivity (Wildman–Crippen MR) is 81.7 cm³/mol. The van der Waals surface area contributed by atoms with E-state index in [4.69, 9.17) is 34.0 Å². The summed E-state index contributed by atoms with van der Waals surface area (Å²) in [5.74, 6) is -1.67. The lowest BCUT2D eigenvalue weighted by molar-refractivity contribution is 0.0697. The second-order valence-corrected chi connectivity index (χ2v) is 5.00. The van der Waals surface area contributed by atoms with Gasteiger partial charge >= 0.3 is 5.97 Å². The van der Waals surface area contributed by atoms with E-state index < -0.39 is 11.9 Å². The van der Waals surface area contributed by atoms with Crippen molar-refractivity contribution in [1.29, 1.82) is 0 Å². The lowest BCUT2D eigenvalue weighted by atomic mass is 10.1. The Balaban J connectivity index is 2.28. The van der Waals surface area contributed by atoms with E-state index in [9.17, 15) is 9.59 Å². The van der Waals surface area contributed by atoms with Crippen molar-refractivity contribution in [3.8, 4) is 0 Å². The number of benzene rings is 2. The van der Waals surface area contributed by atoms with E-state index in [-0.39, 0.29) is 10.6 Å². The third-order valence-electron chi connectivity index (χ3n) is 2.73. The molecule has 2 aromatic carbocycles. The molecule has 0 atom stereocenters. The van der Waals surface area contributed by atoms with Crippen LogP contribution in [0.1, 0.15) is 20.7 Å². The number of carboxylic acids is 1. The standard InChI is InChI=1S/C14H10Cl2N2O3/c15-10-6-8(2-3-9(10)14(20)21)18-12-4-1-7(13(17)19)5-11(12)16/h1-6,18H,(H2,17,19)(H,20,21). The molecule has 0 radical (unpaired) electrons. The summed E-state index contributed by atoms with van der Waals surface area (Å²) < 4.78 is 0. The maximum absolute atomic E-state index is 11.0. The summed E-state index contributed by atoms with van der Waals surface area (Å²) in [6, 6.07) is 9.00. The summed E-state index contributed by atoms with van der Waals surface area (Å²) in [5.41, 5.74) is 6.58. The molecule has 0 heterocycles. The van der Waals surface area contributed by atoms with E-state index in [0.29, 0.717) is 22.0 Å². The van der Waals surface area contributed by atoms with Crippen LogP contribution in [0.3, 0.4) is 0 Å². The normalized spacial score (nSPS) is 10.2. The van der Waals surface area contributed by atoms with Crippen LogP contribution in [-0.4, -0.2) is 17.0 Å². The Bertz CT molecular complexity index is 732. The zero-order valence-electron chi connectivity index (χ0n) is 10.6. The molecule has 21 heavy (non-hydrogen) atoms. The van der Waals surface area contributed by atoms with Crippen molar-refractivity contribution in [1.82, 2.24) is 0 Å². The largest absolute Gasteiger partial charge is 0.478 e. The number of nitrogens with one attached hydrogen (secondary N) is 1. The van der Waals surface area contributed by atoms with Crippen LogP contribution in [0.15, 0.2) is 36.4 Å². The smallest absolute Gasteiger partial charge is 0.337 e. The van der Waals surface area contributed by atoms with Gasteiger partial charge in [0.15, 0.2) is 0 Å². The van der Waals surface area contributed by atoms with Crippen LogP contribution in [0.25, 0.3) is 0 Å². The lowest BCUT2D eigenvalue weighted by Crippen LogP contribution is -2.10. The van der Waals surface area contributed by atoms with Gasteiger partial charge < -0.3 is 16.2 Å². The van der Waals surface area contributed by atoms with Gasteiger partial charge in [-0.25, -0.2) is 4.79 Å². The van der Waals surface area contributed by atoms with Crippen molar-refractivity contribution in [2.45, 2.75) is 0 Å². The molecular formula is C14H10Cl2N2O3. The van der Waals surface area contributed by atoms with Crippen LogP contribution in [0.4, 0.5) is 11.4 Å². The molecule has 0 aliphatic carbocycles. The number of carbonyl (C=O) groups is 2. The Morgan fingerprint density at radius 3 is 2.29 bits per heavy atom. The maximum atomic E-state index is 11.0. The predicted octanol–water partition coefficient (Wildman–Crippen LogP) is 3.53. The highest BCUT2D eigenvalue weighted by atomic mass is 35.5. The minimum Gasteiger partial charge on any atom is -0.478 e. The maximum Gasteiger partial charge on any atom is 0.337 e. The minimum atomic E-state index is -1.10. The Morgan fingerprint density at radius 2 is 1.76 bits per heavy atom. The summed E-state index contributed by atoms with van der Waals surface area (Å²) in [4.78, 5) is 21.9. The van der Waals surface area contributed by atoms with E-state index >= 15 is 0 Å². The van der Waals surface area contributed by atoms with Gasteiger partial charge in [-0.2, -0.15) is 0 Å². The molecular weight excluding hydrogens is 315 g/mol. The van der Waals surface area contributed by atoms with E-state index in [2.05, 4.69) is 5.32 Å². The van der Waals surface area contributed by atoms with Crippen molar-refractivity contribution in [2.75, 3.05) is 5.32 Å². The third kappa shape index (κ3) is 3.45. The molecule has 7 heteroatoms. The number of rotatable bonds is 4. The van der Waals surface area contributed by atoms with Gasteiger partial charge in [-0.1, -0.05) is 23.2 Å². The first-order valence-electron chi connectivity index (χ1n) is 5.77. The second-order valence-electron chi connectivity index (χ2n) is 4.18. The SMILES string of the molecule is NC(=O)c1ccc(Nc2ccc(C(=O)O)c(Cl)c2)c(Cl)c1. The monoisotopic (exact) mass is 324 g/mol. The van der Waals surface area contributed by atoms with Crippen molar-refractivity contribution in [3.63, 3.8) is 0 Å². The summed E-state index contributed by atoms with van der Waals surface area (Å²) in [6.45, 7) is 0. The Labute approximate surface area is 130 Å². The van der Waals surface area contributed by atoms with E-state index in [1.807, 2.05) is 0 Å². The van der Waals surface area contributed by atoms with Crippen molar-refractivity contribution in [3.05, 3.63) is 57.6 Å². The van der Waals surface area contributed by atoms with Gasteiger partial charge in [0, 0.05) is 11.3 Å². The fourth-order valence-electron chi connectivity index (χ4n) is 1.69. The Hall–Kier alpha value is -2.24. The topological polar surface area (TPSA) is 92.4 Å². The molecule has 2 aromatic rings. The van der Waals surface area contributed by atoms with Crippen LogP contribution in [0.5, 0.6) is 0 Å². The van der Waals surface area contributed by atoms with Crippen LogP contribution < -0.4 is 11.1 Å². The number of halogens is 2.